The van der Waals surface area contributed by atoms with Gasteiger partial charge in [-0.2, -0.15) is 4.98 Å². The van der Waals surface area contributed by atoms with Gasteiger partial charge in [0.05, 0.1) is 12.0 Å². The molecular weight excluding hydrogens is 328 g/mol. The van der Waals surface area contributed by atoms with Gasteiger partial charge in [-0.1, -0.05) is 35.5 Å². The second-order valence-electron chi connectivity index (χ2n) is 5.68. The Balaban J connectivity index is 1.46. The Hall–Kier alpha value is -3.67. The summed E-state index contributed by atoms with van der Waals surface area (Å²) in [5.74, 6) is 2.90. The smallest absolute Gasteiger partial charge is 0.231 e. The third-order valence-electron chi connectivity index (χ3n) is 3.81. The fourth-order valence-corrected chi connectivity index (χ4v) is 2.52. The van der Waals surface area contributed by atoms with Gasteiger partial charge in [-0.15, -0.1) is 0 Å². The zero-order valence-electron chi connectivity index (χ0n) is 13.9. The lowest BCUT2D eigenvalue weighted by molar-refractivity contribution is 0.385. The average Bonchev–Trinajstić information content (AvgIpc) is 3.13. The van der Waals surface area contributed by atoms with Crippen LogP contribution in [0.4, 0.5) is 5.82 Å². The molecule has 0 saturated carbocycles. The predicted molar refractivity (Wildman–Crippen MR) is 97.7 cm³/mol. The van der Waals surface area contributed by atoms with Gasteiger partial charge < -0.3 is 15.0 Å². The maximum absolute atomic E-state index is 5.85. The number of hydrogen-bond acceptors (Lipinski definition) is 6. The summed E-state index contributed by atoms with van der Waals surface area (Å²) in [5, 5.41) is 3.99. The number of nitrogen functional groups attached to an aromatic ring is 1. The molecular formula is C20H16N4O2. The normalized spacial score (nSPS) is 10.6. The summed E-state index contributed by atoms with van der Waals surface area (Å²) < 4.78 is 11.1. The van der Waals surface area contributed by atoms with Gasteiger partial charge in [-0.25, -0.2) is 4.98 Å². The third kappa shape index (κ3) is 3.54. The summed E-state index contributed by atoms with van der Waals surface area (Å²) in [6, 6.07) is 21.0. The van der Waals surface area contributed by atoms with Crippen molar-refractivity contribution in [2.75, 3.05) is 5.73 Å². The molecule has 0 unspecified atom stereocenters. The maximum Gasteiger partial charge on any atom is 0.231 e. The molecule has 0 saturated heterocycles. The molecule has 2 aromatic heterocycles. The summed E-state index contributed by atoms with van der Waals surface area (Å²) in [6.45, 7) is 0. The number of nitrogens with zero attached hydrogens (tertiary/aromatic N) is 3. The van der Waals surface area contributed by atoms with Crippen LogP contribution in [0.5, 0.6) is 11.5 Å². The van der Waals surface area contributed by atoms with Crippen molar-refractivity contribution >= 4 is 5.82 Å². The fraction of sp³-hybridized carbons (Fsp3) is 0.0500. The molecule has 6 nitrogen and oxygen atoms in total. The lowest BCUT2D eigenvalue weighted by Gasteiger charge is -2.05. The van der Waals surface area contributed by atoms with E-state index in [2.05, 4.69) is 15.1 Å². The Morgan fingerprint density at radius 3 is 2.42 bits per heavy atom. The first-order chi connectivity index (χ1) is 12.8. The summed E-state index contributed by atoms with van der Waals surface area (Å²) in [5.41, 5.74) is 7.55. The lowest BCUT2D eigenvalue weighted by atomic mass is 10.1. The molecule has 128 valence electrons. The van der Waals surface area contributed by atoms with E-state index in [1.165, 1.54) is 0 Å². The second kappa shape index (κ2) is 7.06. The lowest BCUT2D eigenvalue weighted by Crippen LogP contribution is -1.94. The van der Waals surface area contributed by atoms with Crippen molar-refractivity contribution < 1.29 is 9.26 Å². The Kier molecular flexibility index (Phi) is 4.30. The average molecular weight is 344 g/mol. The highest BCUT2D eigenvalue weighted by Crippen LogP contribution is 2.23. The van der Waals surface area contributed by atoms with E-state index in [1.807, 2.05) is 60.7 Å². The monoisotopic (exact) mass is 344 g/mol. The Bertz CT molecular complexity index is 998. The highest BCUT2D eigenvalue weighted by atomic mass is 16.5. The zero-order valence-corrected chi connectivity index (χ0v) is 13.9. The van der Waals surface area contributed by atoms with Gasteiger partial charge in [0.15, 0.2) is 0 Å². The molecule has 0 atom stereocenters. The quantitative estimate of drug-likeness (QED) is 0.586. The van der Waals surface area contributed by atoms with Gasteiger partial charge in [0.25, 0.3) is 0 Å². The number of hydrogen-bond donors (Lipinski definition) is 1. The van der Waals surface area contributed by atoms with E-state index in [1.54, 1.807) is 12.3 Å². The van der Waals surface area contributed by atoms with E-state index >= 15 is 0 Å². The standard InChI is InChI=1S/C20H16N4O2/c21-19-17(7-4-12-22-19)20-23-18(26-24-20)13-14-8-10-16(11-9-14)25-15-5-2-1-3-6-15/h1-12H,13H2,(H2,21,22). The zero-order chi connectivity index (χ0) is 17.8. The highest BCUT2D eigenvalue weighted by Gasteiger charge is 2.12. The van der Waals surface area contributed by atoms with Crippen LogP contribution in [0.25, 0.3) is 11.4 Å². The fourth-order valence-electron chi connectivity index (χ4n) is 2.52. The number of ether oxygens (including phenoxy) is 1. The van der Waals surface area contributed by atoms with Crippen molar-refractivity contribution in [1.29, 1.82) is 0 Å². The first-order valence-electron chi connectivity index (χ1n) is 8.13. The molecule has 0 aliphatic heterocycles. The predicted octanol–water partition coefficient (Wildman–Crippen LogP) is 4.10. The van der Waals surface area contributed by atoms with Crippen molar-refractivity contribution in [3.63, 3.8) is 0 Å². The third-order valence-corrected chi connectivity index (χ3v) is 3.81. The number of anilines is 1. The minimum absolute atomic E-state index is 0.377. The molecule has 0 spiro atoms. The molecule has 4 rings (SSSR count). The number of aromatic nitrogens is 3. The van der Waals surface area contributed by atoms with Gasteiger partial charge in [-0.3, -0.25) is 0 Å². The Labute approximate surface area is 150 Å². The van der Waals surface area contributed by atoms with Crippen molar-refractivity contribution in [1.82, 2.24) is 15.1 Å². The first kappa shape index (κ1) is 15.8. The molecule has 0 aliphatic carbocycles. The van der Waals surface area contributed by atoms with Crippen LogP contribution >= 0.6 is 0 Å². The SMILES string of the molecule is Nc1ncccc1-c1noc(Cc2ccc(Oc3ccccc3)cc2)n1. The molecule has 0 aliphatic rings. The minimum atomic E-state index is 0.377. The molecule has 2 heterocycles. The van der Waals surface area contributed by atoms with E-state index < -0.39 is 0 Å². The molecule has 2 aromatic carbocycles. The highest BCUT2D eigenvalue weighted by molar-refractivity contribution is 5.67. The van der Waals surface area contributed by atoms with Gasteiger partial charge in [0.1, 0.15) is 17.3 Å². The van der Waals surface area contributed by atoms with Gasteiger partial charge in [0, 0.05) is 6.20 Å². The maximum atomic E-state index is 5.85. The van der Waals surface area contributed by atoms with Crippen LogP contribution < -0.4 is 10.5 Å². The summed E-state index contributed by atoms with van der Waals surface area (Å²) in [6.07, 6.45) is 2.15. The van der Waals surface area contributed by atoms with Crippen LogP contribution in [-0.4, -0.2) is 15.1 Å². The summed E-state index contributed by atoms with van der Waals surface area (Å²) in [7, 11) is 0. The second-order valence-corrected chi connectivity index (χ2v) is 5.68. The Morgan fingerprint density at radius 1 is 0.885 bits per heavy atom. The molecule has 0 radical (unpaired) electrons. The van der Waals surface area contributed by atoms with Crippen LogP contribution in [0.15, 0.2) is 77.4 Å². The van der Waals surface area contributed by atoms with E-state index in [-0.39, 0.29) is 0 Å². The number of benzene rings is 2. The van der Waals surface area contributed by atoms with Crippen molar-refractivity contribution in [2.24, 2.45) is 0 Å². The van der Waals surface area contributed by atoms with Crippen LogP contribution in [0, 0.1) is 0 Å². The van der Waals surface area contributed by atoms with Gasteiger partial charge >= 0.3 is 0 Å². The van der Waals surface area contributed by atoms with E-state index in [4.69, 9.17) is 15.0 Å². The summed E-state index contributed by atoms with van der Waals surface area (Å²) >= 11 is 0. The van der Waals surface area contributed by atoms with Crippen molar-refractivity contribution in [3.8, 4) is 22.9 Å². The van der Waals surface area contributed by atoms with Crippen molar-refractivity contribution in [3.05, 3.63) is 84.4 Å². The summed E-state index contributed by atoms with van der Waals surface area (Å²) in [4.78, 5) is 8.43. The molecule has 2 N–H and O–H groups in total. The van der Waals surface area contributed by atoms with E-state index in [0.717, 1.165) is 17.1 Å². The largest absolute Gasteiger partial charge is 0.457 e. The van der Waals surface area contributed by atoms with E-state index in [0.29, 0.717) is 29.5 Å². The number of pyridine rings is 1. The van der Waals surface area contributed by atoms with Crippen LogP contribution in [0.1, 0.15) is 11.5 Å². The minimum Gasteiger partial charge on any atom is -0.457 e. The van der Waals surface area contributed by atoms with Gasteiger partial charge in [-0.05, 0) is 42.0 Å². The molecule has 0 amide bonds. The topological polar surface area (TPSA) is 87.1 Å². The van der Waals surface area contributed by atoms with Crippen LogP contribution in [-0.2, 0) is 6.42 Å². The van der Waals surface area contributed by atoms with Crippen LogP contribution in [0.2, 0.25) is 0 Å². The number of rotatable bonds is 5. The molecule has 0 fully saturated rings. The number of para-hydroxylation sites is 1. The van der Waals surface area contributed by atoms with Crippen molar-refractivity contribution in [2.45, 2.75) is 6.42 Å². The molecule has 4 aromatic rings. The van der Waals surface area contributed by atoms with Crippen LogP contribution in [0.3, 0.4) is 0 Å². The molecule has 6 heteroatoms. The number of nitrogens with two attached hydrogens (primary N) is 1. The van der Waals surface area contributed by atoms with Gasteiger partial charge in [0.2, 0.25) is 11.7 Å². The molecule has 26 heavy (non-hydrogen) atoms. The van der Waals surface area contributed by atoms with E-state index in [9.17, 15) is 0 Å². The molecule has 0 bridgehead atoms. The Morgan fingerprint density at radius 2 is 1.65 bits per heavy atom. The first-order valence-corrected chi connectivity index (χ1v) is 8.13.